The largest absolute Gasteiger partial charge is 0.431 e. The third-order valence-electron chi connectivity index (χ3n) is 5.67. The Hall–Kier alpha value is -3.65. The van der Waals surface area contributed by atoms with E-state index >= 15 is 0 Å². The standard InChI is InChI=1S/C24H25N3O4.H2O/c1-14-6-8-18(16(3)12-14)26-22-24(5,31-21(29)11-10-20(28)30-22)27(23(26)25)19-9-7-15(2)13-17(19)4;/h6-13,22,25H,1-5H3;1H2/b11-10+,25-23?;. The molecule has 0 spiro atoms. The number of ether oxygens (including phenoxy) is 2. The van der Waals surface area contributed by atoms with Gasteiger partial charge in [-0.25, -0.2) is 9.59 Å². The molecule has 0 aliphatic carbocycles. The molecule has 8 nitrogen and oxygen atoms in total. The summed E-state index contributed by atoms with van der Waals surface area (Å²) in [5.41, 5.74) is 3.92. The maximum Gasteiger partial charge on any atom is 0.333 e. The predicted octanol–water partition coefficient (Wildman–Crippen LogP) is 3.06. The Morgan fingerprint density at radius 3 is 1.97 bits per heavy atom. The lowest BCUT2D eigenvalue weighted by Gasteiger charge is -2.37. The lowest BCUT2D eigenvalue weighted by molar-refractivity contribution is -0.174. The number of hydrogen-bond acceptors (Lipinski definition) is 5. The molecule has 0 aromatic heterocycles. The van der Waals surface area contributed by atoms with Gasteiger partial charge in [-0.2, -0.15) is 0 Å². The van der Waals surface area contributed by atoms with E-state index < -0.39 is 23.9 Å². The first-order chi connectivity index (χ1) is 14.6. The molecule has 8 heteroatoms. The van der Waals surface area contributed by atoms with Gasteiger partial charge in [0.25, 0.3) is 0 Å². The molecular weight excluding hydrogens is 410 g/mol. The SMILES string of the molecule is Cc1ccc(N2C(=N)N(c3ccc(C)cc3C)C3(C)OC(=O)/C=C/C(=O)OC23)c(C)c1.O. The Morgan fingerprint density at radius 1 is 0.875 bits per heavy atom. The minimum atomic E-state index is -1.45. The summed E-state index contributed by atoms with van der Waals surface area (Å²) >= 11 is 0. The normalized spacial score (nSPS) is 23.5. The number of esters is 2. The van der Waals surface area contributed by atoms with E-state index in [-0.39, 0.29) is 11.4 Å². The van der Waals surface area contributed by atoms with Crippen LogP contribution in [0.1, 0.15) is 29.2 Å². The fourth-order valence-electron chi connectivity index (χ4n) is 4.29. The molecule has 0 amide bonds. The zero-order chi connectivity index (χ0) is 22.5. The van der Waals surface area contributed by atoms with Crippen LogP contribution in [0.25, 0.3) is 0 Å². The molecule has 32 heavy (non-hydrogen) atoms. The summed E-state index contributed by atoms with van der Waals surface area (Å²) in [5, 5.41) is 9.08. The highest BCUT2D eigenvalue weighted by Gasteiger charge is 2.60. The number of benzene rings is 2. The van der Waals surface area contributed by atoms with Crippen molar-refractivity contribution in [3.05, 3.63) is 70.8 Å². The number of aryl methyl sites for hydroxylation is 4. The van der Waals surface area contributed by atoms with Crippen molar-refractivity contribution in [1.29, 1.82) is 5.41 Å². The molecule has 2 aromatic carbocycles. The van der Waals surface area contributed by atoms with Gasteiger partial charge in [-0.15, -0.1) is 0 Å². The van der Waals surface area contributed by atoms with Gasteiger partial charge >= 0.3 is 11.9 Å². The molecule has 0 bridgehead atoms. The van der Waals surface area contributed by atoms with E-state index in [1.165, 1.54) is 0 Å². The summed E-state index contributed by atoms with van der Waals surface area (Å²) in [6.45, 7) is 9.51. The smallest absolute Gasteiger partial charge is 0.333 e. The summed E-state index contributed by atoms with van der Waals surface area (Å²) in [6, 6.07) is 11.6. The number of carbonyl (C=O) groups excluding carboxylic acids is 2. The Labute approximate surface area is 186 Å². The number of nitrogens with zero attached hydrogens (tertiary/aromatic N) is 2. The average molecular weight is 437 g/mol. The molecule has 0 saturated carbocycles. The Morgan fingerprint density at radius 2 is 1.41 bits per heavy atom. The summed E-state index contributed by atoms with van der Waals surface area (Å²) in [7, 11) is 0. The van der Waals surface area contributed by atoms with Crippen molar-refractivity contribution in [2.75, 3.05) is 9.80 Å². The van der Waals surface area contributed by atoms with Gasteiger partial charge in [0.05, 0.1) is 11.4 Å². The molecule has 2 unspecified atom stereocenters. The number of guanidine groups is 1. The molecule has 168 valence electrons. The number of rotatable bonds is 2. The first kappa shape index (κ1) is 23.0. The topological polar surface area (TPSA) is 114 Å². The van der Waals surface area contributed by atoms with E-state index in [9.17, 15) is 9.59 Å². The van der Waals surface area contributed by atoms with Crippen molar-refractivity contribution in [2.45, 2.75) is 46.6 Å². The van der Waals surface area contributed by atoms with Crippen LogP contribution in [0.3, 0.4) is 0 Å². The van der Waals surface area contributed by atoms with E-state index in [4.69, 9.17) is 14.9 Å². The Kier molecular flexibility index (Phi) is 5.84. The molecule has 1 fully saturated rings. The van der Waals surface area contributed by atoms with Crippen LogP contribution in [0.2, 0.25) is 0 Å². The van der Waals surface area contributed by atoms with E-state index in [1.807, 2.05) is 64.1 Å². The molecule has 2 aliphatic heterocycles. The molecule has 2 atom stereocenters. The van der Waals surface area contributed by atoms with Crippen LogP contribution in [0.4, 0.5) is 11.4 Å². The van der Waals surface area contributed by atoms with Crippen LogP contribution in [0.5, 0.6) is 0 Å². The van der Waals surface area contributed by atoms with Crippen molar-refractivity contribution >= 4 is 29.3 Å². The van der Waals surface area contributed by atoms with Gasteiger partial charge in [-0.05, 0) is 51.0 Å². The van der Waals surface area contributed by atoms with E-state index in [2.05, 4.69) is 0 Å². The molecule has 4 rings (SSSR count). The Bertz CT molecular complexity index is 1140. The third kappa shape index (κ3) is 3.62. The van der Waals surface area contributed by atoms with Gasteiger partial charge in [0, 0.05) is 19.1 Å². The second-order valence-electron chi connectivity index (χ2n) is 8.21. The van der Waals surface area contributed by atoms with Crippen molar-refractivity contribution in [3.8, 4) is 0 Å². The van der Waals surface area contributed by atoms with Crippen molar-refractivity contribution in [2.24, 2.45) is 0 Å². The van der Waals surface area contributed by atoms with Crippen LogP contribution < -0.4 is 9.80 Å². The first-order valence-corrected chi connectivity index (χ1v) is 10.1. The van der Waals surface area contributed by atoms with Gasteiger partial charge < -0.3 is 14.9 Å². The third-order valence-corrected chi connectivity index (χ3v) is 5.67. The summed E-state index contributed by atoms with van der Waals surface area (Å²) in [5.74, 6) is -1.29. The van der Waals surface area contributed by atoms with E-state index in [1.54, 1.807) is 16.7 Å². The van der Waals surface area contributed by atoms with E-state index in [0.29, 0.717) is 11.4 Å². The number of anilines is 2. The van der Waals surface area contributed by atoms with Gasteiger partial charge in [0.2, 0.25) is 17.9 Å². The molecule has 0 radical (unpaired) electrons. The van der Waals surface area contributed by atoms with Gasteiger partial charge in [0.1, 0.15) is 0 Å². The quantitative estimate of drug-likeness (QED) is 0.722. The highest BCUT2D eigenvalue weighted by Crippen LogP contribution is 2.43. The van der Waals surface area contributed by atoms with Crippen molar-refractivity contribution < 1.29 is 24.5 Å². The minimum Gasteiger partial charge on any atom is -0.431 e. The predicted molar refractivity (Wildman–Crippen MR) is 122 cm³/mol. The highest BCUT2D eigenvalue weighted by atomic mass is 16.6. The fourth-order valence-corrected chi connectivity index (χ4v) is 4.29. The summed E-state index contributed by atoms with van der Waals surface area (Å²) in [6.07, 6.45) is 1.04. The fraction of sp³-hybridized carbons (Fsp3) is 0.292. The van der Waals surface area contributed by atoms with Gasteiger partial charge in [0.15, 0.2) is 0 Å². The van der Waals surface area contributed by atoms with Gasteiger partial charge in [-0.1, -0.05) is 35.4 Å². The number of hydrogen-bond donors (Lipinski definition) is 1. The van der Waals surface area contributed by atoms with Crippen molar-refractivity contribution in [1.82, 2.24) is 0 Å². The highest BCUT2D eigenvalue weighted by molar-refractivity contribution is 6.11. The second-order valence-corrected chi connectivity index (χ2v) is 8.21. The molecule has 2 heterocycles. The molecule has 2 aromatic rings. The minimum absolute atomic E-state index is 0. The van der Waals surface area contributed by atoms with Crippen LogP contribution >= 0.6 is 0 Å². The summed E-state index contributed by atoms with van der Waals surface area (Å²) in [4.78, 5) is 28.1. The van der Waals surface area contributed by atoms with Gasteiger partial charge in [-0.3, -0.25) is 15.2 Å². The number of nitrogens with one attached hydrogen (secondary N) is 1. The second kappa shape index (κ2) is 8.12. The maximum atomic E-state index is 12.5. The zero-order valence-electron chi connectivity index (χ0n) is 18.7. The van der Waals surface area contributed by atoms with Crippen LogP contribution in [0.15, 0.2) is 48.6 Å². The lowest BCUT2D eigenvalue weighted by Crippen LogP contribution is -2.55. The molecule has 2 aliphatic rings. The number of fused-ring (bicyclic) bond motifs is 1. The maximum absolute atomic E-state index is 12.5. The lowest BCUT2D eigenvalue weighted by atomic mass is 10.1. The molecular formula is C24H27N3O5. The monoisotopic (exact) mass is 437 g/mol. The molecule has 1 saturated heterocycles. The zero-order valence-corrected chi connectivity index (χ0v) is 18.7. The van der Waals surface area contributed by atoms with E-state index in [0.717, 1.165) is 34.4 Å². The number of carbonyl (C=O) groups is 2. The van der Waals surface area contributed by atoms with Crippen LogP contribution in [0, 0.1) is 33.1 Å². The van der Waals surface area contributed by atoms with Crippen LogP contribution in [-0.2, 0) is 19.1 Å². The molecule has 3 N–H and O–H groups in total. The summed E-state index contributed by atoms with van der Waals surface area (Å²) < 4.78 is 11.6. The van der Waals surface area contributed by atoms with Crippen LogP contribution in [-0.4, -0.2) is 35.3 Å². The van der Waals surface area contributed by atoms with Crippen molar-refractivity contribution in [3.63, 3.8) is 0 Å². The Balaban J connectivity index is 0.00000289. The first-order valence-electron chi connectivity index (χ1n) is 10.1. The average Bonchev–Trinajstić information content (AvgIpc) is 2.86.